The fourth-order valence-corrected chi connectivity index (χ4v) is 3.90. The summed E-state index contributed by atoms with van der Waals surface area (Å²) in [6.45, 7) is 3.32. The van der Waals surface area contributed by atoms with Crippen LogP contribution in [0.3, 0.4) is 0 Å². The summed E-state index contributed by atoms with van der Waals surface area (Å²) in [5.74, 6) is 0.119. The maximum Gasteiger partial charge on any atom is 0.253 e. The molecule has 6 heteroatoms. The summed E-state index contributed by atoms with van der Waals surface area (Å²) in [6, 6.07) is 23.6. The molecular weight excluding hydrogens is 386 g/mol. The van der Waals surface area contributed by atoms with Crippen LogP contribution in [0.15, 0.2) is 72.8 Å². The van der Waals surface area contributed by atoms with Gasteiger partial charge >= 0.3 is 0 Å². The molecule has 1 saturated heterocycles. The lowest BCUT2D eigenvalue weighted by atomic mass is 10.0. The smallest absolute Gasteiger partial charge is 0.253 e. The van der Waals surface area contributed by atoms with Gasteiger partial charge in [0.25, 0.3) is 5.91 Å². The van der Waals surface area contributed by atoms with Gasteiger partial charge in [-0.15, -0.1) is 0 Å². The Hall–Kier alpha value is -3.64. The van der Waals surface area contributed by atoms with Crippen molar-refractivity contribution in [2.45, 2.75) is 6.54 Å². The third kappa shape index (κ3) is 4.59. The molecule has 0 unspecified atom stereocenters. The summed E-state index contributed by atoms with van der Waals surface area (Å²) in [5, 5.41) is 7.62. The highest BCUT2D eigenvalue weighted by Gasteiger charge is 2.22. The van der Waals surface area contributed by atoms with E-state index in [2.05, 4.69) is 17.0 Å². The summed E-state index contributed by atoms with van der Waals surface area (Å²) in [4.78, 5) is 17.1. The molecule has 3 aromatic rings. The molecule has 31 heavy (non-hydrogen) atoms. The van der Waals surface area contributed by atoms with Crippen LogP contribution in [0.4, 0.5) is 5.69 Å². The van der Waals surface area contributed by atoms with E-state index in [1.807, 2.05) is 65.6 Å². The standard InChI is InChI=1S/C25H27N5O/c26-17-18-3-1-4-21(15-18)19-7-9-20(10-8-19)25(31)30-13-11-29(12-14-30)23-6-2-5-22(16-23)24(27)28/h1-10,15-16H,11-14,17,26H2,(H3,27,28). The van der Waals surface area contributed by atoms with Crippen LogP contribution < -0.4 is 16.4 Å². The first-order valence-electron chi connectivity index (χ1n) is 10.4. The number of hydrogen-bond donors (Lipinski definition) is 3. The molecule has 0 atom stereocenters. The van der Waals surface area contributed by atoms with E-state index >= 15 is 0 Å². The zero-order valence-corrected chi connectivity index (χ0v) is 17.4. The second-order valence-electron chi connectivity index (χ2n) is 7.73. The van der Waals surface area contributed by atoms with Crippen molar-refractivity contribution < 1.29 is 4.79 Å². The minimum Gasteiger partial charge on any atom is -0.384 e. The van der Waals surface area contributed by atoms with E-state index in [1.54, 1.807) is 0 Å². The van der Waals surface area contributed by atoms with Crippen LogP contribution in [0, 0.1) is 5.41 Å². The van der Waals surface area contributed by atoms with Crippen LogP contribution >= 0.6 is 0 Å². The molecule has 1 aliphatic heterocycles. The van der Waals surface area contributed by atoms with Crippen molar-refractivity contribution in [1.82, 2.24) is 4.90 Å². The molecule has 158 valence electrons. The van der Waals surface area contributed by atoms with Crippen molar-refractivity contribution in [2.75, 3.05) is 31.1 Å². The number of benzene rings is 3. The van der Waals surface area contributed by atoms with Gasteiger partial charge in [0.2, 0.25) is 0 Å². The van der Waals surface area contributed by atoms with E-state index in [4.69, 9.17) is 16.9 Å². The summed E-state index contributed by atoms with van der Waals surface area (Å²) >= 11 is 0. The maximum atomic E-state index is 13.0. The van der Waals surface area contributed by atoms with Crippen molar-refractivity contribution in [3.63, 3.8) is 0 Å². The normalized spacial score (nSPS) is 13.8. The number of hydrogen-bond acceptors (Lipinski definition) is 4. The van der Waals surface area contributed by atoms with Crippen molar-refractivity contribution in [1.29, 1.82) is 5.41 Å². The molecular formula is C25H27N5O. The Morgan fingerprint density at radius 1 is 0.839 bits per heavy atom. The van der Waals surface area contributed by atoms with Gasteiger partial charge in [-0.2, -0.15) is 0 Å². The lowest BCUT2D eigenvalue weighted by molar-refractivity contribution is 0.0747. The molecule has 0 aliphatic carbocycles. The number of nitrogen functional groups attached to an aromatic ring is 1. The number of carbonyl (C=O) groups excluding carboxylic acids is 1. The molecule has 1 heterocycles. The summed E-state index contributed by atoms with van der Waals surface area (Å²) in [7, 11) is 0. The Labute approximate surface area is 182 Å². The SMILES string of the molecule is N=C(N)c1cccc(N2CCN(C(=O)c3ccc(-c4cccc(CN)c4)cc3)CC2)c1. The number of nitrogens with one attached hydrogen (secondary N) is 1. The molecule has 0 spiro atoms. The topological polar surface area (TPSA) is 99.4 Å². The molecule has 1 fully saturated rings. The molecule has 0 bridgehead atoms. The number of carbonyl (C=O) groups is 1. The van der Waals surface area contributed by atoms with Gasteiger partial charge in [0.15, 0.2) is 0 Å². The number of anilines is 1. The Bertz CT molecular complexity index is 1090. The van der Waals surface area contributed by atoms with Gasteiger partial charge in [0.05, 0.1) is 0 Å². The van der Waals surface area contributed by atoms with Gasteiger partial charge < -0.3 is 21.3 Å². The molecule has 0 radical (unpaired) electrons. The minimum atomic E-state index is 0.0550. The minimum absolute atomic E-state index is 0.0550. The predicted molar refractivity (Wildman–Crippen MR) is 125 cm³/mol. The molecule has 6 nitrogen and oxygen atoms in total. The largest absolute Gasteiger partial charge is 0.384 e. The van der Waals surface area contributed by atoms with E-state index in [0.717, 1.165) is 35.5 Å². The van der Waals surface area contributed by atoms with Gasteiger partial charge in [0, 0.05) is 49.5 Å². The van der Waals surface area contributed by atoms with Gasteiger partial charge in [-0.1, -0.05) is 42.5 Å². The number of amides is 1. The third-order valence-electron chi connectivity index (χ3n) is 5.72. The summed E-state index contributed by atoms with van der Waals surface area (Å²) in [5.41, 5.74) is 17.1. The van der Waals surface area contributed by atoms with Crippen LogP contribution in [-0.4, -0.2) is 42.8 Å². The lowest BCUT2D eigenvalue weighted by Gasteiger charge is -2.36. The van der Waals surface area contributed by atoms with Gasteiger partial charge in [-0.05, 0) is 47.0 Å². The van der Waals surface area contributed by atoms with E-state index in [0.29, 0.717) is 30.8 Å². The Balaban J connectivity index is 1.40. The quantitative estimate of drug-likeness (QED) is 0.442. The number of nitrogens with zero attached hydrogens (tertiary/aromatic N) is 2. The fourth-order valence-electron chi connectivity index (χ4n) is 3.90. The Morgan fingerprint density at radius 2 is 1.55 bits per heavy atom. The van der Waals surface area contributed by atoms with Crippen LogP contribution in [0.25, 0.3) is 11.1 Å². The molecule has 0 aromatic heterocycles. The molecule has 0 saturated carbocycles. The summed E-state index contributed by atoms with van der Waals surface area (Å²) in [6.07, 6.45) is 0. The molecule has 4 rings (SSSR count). The van der Waals surface area contributed by atoms with Crippen LogP contribution in [0.2, 0.25) is 0 Å². The number of piperazine rings is 1. The number of nitrogens with two attached hydrogens (primary N) is 2. The first-order valence-corrected chi connectivity index (χ1v) is 10.4. The molecule has 1 amide bonds. The average Bonchev–Trinajstić information content (AvgIpc) is 2.84. The second-order valence-corrected chi connectivity index (χ2v) is 7.73. The predicted octanol–water partition coefficient (Wildman–Crippen LogP) is 3.06. The highest BCUT2D eigenvalue weighted by atomic mass is 16.2. The van der Waals surface area contributed by atoms with E-state index in [-0.39, 0.29) is 11.7 Å². The van der Waals surface area contributed by atoms with Crippen molar-refractivity contribution >= 4 is 17.4 Å². The van der Waals surface area contributed by atoms with Gasteiger partial charge in [-0.3, -0.25) is 10.2 Å². The number of rotatable bonds is 5. The van der Waals surface area contributed by atoms with Gasteiger partial charge in [-0.25, -0.2) is 0 Å². The van der Waals surface area contributed by atoms with E-state index in [9.17, 15) is 4.79 Å². The first-order chi connectivity index (χ1) is 15.0. The van der Waals surface area contributed by atoms with Crippen molar-refractivity contribution in [3.8, 4) is 11.1 Å². The number of amidine groups is 1. The second kappa shape index (κ2) is 9.02. The van der Waals surface area contributed by atoms with Crippen molar-refractivity contribution in [3.05, 3.63) is 89.5 Å². The van der Waals surface area contributed by atoms with Gasteiger partial charge in [0.1, 0.15) is 5.84 Å². The van der Waals surface area contributed by atoms with Crippen LogP contribution in [0.1, 0.15) is 21.5 Å². The highest BCUT2D eigenvalue weighted by molar-refractivity contribution is 5.96. The van der Waals surface area contributed by atoms with Crippen LogP contribution in [-0.2, 0) is 6.54 Å². The molecule has 3 aromatic carbocycles. The third-order valence-corrected chi connectivity index (χ3v) is 5.72. The zero-order valence-electron chi connectivity index (χ0n) is 17.4. The lowest BCUT2D eigenvalue weighted by Crippen LogP contribution is -2.48. The fraction of sp³-hybridized carbons (Fsp3) is 0.200. The van der Waals surface area contributed by atoms with E-state index < -0.39 is 0 Å². The Kier molecular flexibility index (Phi) is 6.00. The Morgan fingerprint density at radius 3 is 2.23 bits per heavy atom. The molecule has 1 aliphatic rings. The summed E-state index contributed by atoms with van der Waals surface area (Å²) < 4.78 is 0. The monoisotopic (exact) mass is 413 g/mol. The maximum absolute atomic E-state index is 13.0. The van der Waals surface area contributed by atoms with Crippen LogP contribution in [0.5, 0.6) is 0 Å². The zero-order chi connectivity index (χ0) is 21.8. The first kappa shape index (κ1) is 20.6. The van der Waals surface area contributed by atoms with E-state index in [1.165, 1.54) is 0 Å². The molecule has 5 N–H and O–H groups in total. The van der Waals surface area contributed by atoms with Crippen molar-refractivity contribution in [2.24, 2.45) is 11.5 Å². The highest BCUT2D eigenvalue weighted by Crippen LogP contribution is 2.23. The average molecular weight is 414 g/mol.